The Labute approximate surface area is 72.2 Å². The first-order chi connectivity index (χ1) is 4.83. The lowest BCUT2D eigenvalue weighted by molar-refractivity contribution is 0.322. The molecule has 2 nitrogen and oxygen atoms in total. The summed E-state index contributed by atoms with van der Waals surface area (Å²) in [5.41, 5.74) is 0. The van der Waals surface area contributed by atoms with Crippen LogP contribution in [0.1, 0.15) is 0 Å². The topological polar surface area (TPSA) is 33.1 Å². The summed E-state index contributed by atoms with van der Waals surface area (Å²) in [5.74, 6) is 0.684. The molecular weight excluding hydrogens is 190 g/mol. The fourth-order valence-electron chi connectivity index (χ4n) is 0.439. The third kappa shape index (κ3) is 2.46. The first-order valence-corrected chi connectivity index (χ1v) is 4.86. The zero-order chi connectivity index (χ0) is 7.40. The van der Waals surface area contributed by atoms with E-state index in [1.165, 1.54) is 23.1 Å². The lowest BCUT2D eigenvalue weighted by Crippen LogP contribution is -1.83. The number of aliphatic hydroxyl groups is 1. The number of aromatic nitrogens is 1. The Hall–Kier alpha value is 0.230. The average Bonchev–Trinajstić information content (AvgIpc) is 2.31. The van der Waals surface area contributed by atoms with Gasteiger partial charge in [0.05, 0.1) is 12.8 Å². The molecule has 0 bridgehead atoms. The molecule has 0 radical (unpaired) electrons. The fourth-order valence-corrected chi connectivity index (χ4v) is 2.37. The van der Waals surface area contributed by atoms with Crippen LogP contribution in [0.5, 0.6) is 0 Å². The highest BCUT2D eigenvalue weighted by molar-refractivity contribution is 8.01. The summed E-state index contributed by atoms with van der Waals surface area (Å²) in [6, 6.07) is 0. The molecule has 1 rings (SSSR count). The van der Waals surface area contributed by atoms with Gasteiger partial charge in [0, 0.05) is 5.75 Å². The van der Waals surface area contributed by atoms with Crippen molar-refractivity contribution in [3.63, 3.8) is 0 Å². The molecule has 5 heteroatoms. The van der Waals surface area contributed by atoms with Crippen LogP contribution in [0, 0.1) is 0 Å². The first-order valence-electron chi connectivity index (χ1n) is 2.68. The molecule has 1 N–H and O–H groups in total. The fraction of sp³-hybridized carbons (Fsp3) is 0.400. The van der Waals surface area contributed by atoms with Crippen molar-refractivity contribution < 1.29 is 5.11 Å². The molecule has 0 fully saturated rings. The monoisotopic (exact) mass is 195 g/mol. The normalized spacial score (nSPS) is 10.2. The second-order valence-corrected chi connectivity index (χ2v) is 4.51. The Morgan fingerprint density at radius 3 is 3.10 bits per heavy atom. The Morgan fingerprint density at radius 2 is 2.60 bits per heavy atom. The Balaban J connectivity index is 2.42. The Morgan fingerprint density at radius 1 is 1.80 bits per heavy atom. The van der Waals surface area contributed by atoms with Crippen molar-refractivity contribution in [3.05, 3.63) is 10.5 Å². The van der Waals surface area contributed by atoms with Crippen LogP contribution in [0.2, 0.25) is 4.34 Å². The summed E-state index contributed by atoms with van der Waals surface area (Å²) in [6.45, 7) is 0.182. The van der Waals surface area contributed by atoms with Crippen molar-refractivity contribution in [2.24, 2.45) is 0 Å². The van der Waals surface area contributed by atoms with Gasteiger partial charge in [0.1, 0.15) is 4.34 Å². The second kappa shape index (κ2) is 4.18. The number of hydrogen-bond donors (Lipinski definition) is 1. The molecule has 1 aromatic heterocycles. The predicted molar refractivity (Wildman–Crippen MR) is 44.9 cm³/mol. The highest BCUT2D eigenvalue weighted by Crippen LogP contribution is 2.26. The van der Waals surface area contributed by atoms with Crippen LogP contribution in [-0.4, -0.2) is 22.5 Å². The van der Waals surface area contributed by atoms with Crippen LogP contribution in [0.15, 0.2) is 10.5 Å². The highest BCUT2D eigenvalue weighted by Gasteiger charge is 1.98. The maximum Gasteiger partial charge on any atom is 0.151 e. The second-order valence-electron chi connectivity index (χ2n) is 1.50. The van der Waals surface area contributed by atoms with Gasteiger partial charge < -0.3 is 5.11 Å². The summed E-state index contributed by atoms with van der Waals surface area (Å²) in [6.07, 6.45) is 1.62. The Kier molecular flexibility index (Phi) is 3.48. The van der Waals surface area contributed by atoms with Gasteiger partial charge in [-0.15, -0.1) is 0 Å². The van der Waals surface area contributed by atoms with E-state index in [-0.39, 0.29) is 6.61 Å². The van der Waals surface area contributed by atoms with E-state index in [1.807, 2.05) is 0 Å². The van der Waals surface area contributed by atoms with Crippen molar-refractivity contribution in [1.29, 1.82) is 0 Å². The van der Waals surface area contributed by atoms with Gasteiger partial charge in [-0.2, -0.15) is 0 Å². The minimum absolute atomic E-state index is 0.182. The van der Waals surface area contributed by atoms with Crippen LogP contribution >= 0.6 is 34.7 Å². The molecule has 0 atom stereocenters. The number of aliphatic hydroxyl groups excluding tert-OH is 1. The van der Waals surface area contributed by atoms with Gasteiger partial charge in [-0.3, -0.25) is 0 Å². The van der Waals surface area contributed by atoms with Crippen LogP contribution < -0.4 is 0 Å². The lowest BCUT2D eigenvalue weighted by Gasteiger charge is -1.88. The number of hydrogen-bond acceptors (Lipinski definition) is 4. The van der Waals surface area contributed by atoms with Gasteiger partial charge in [-0.05, 0) is 0 Å². The number of halogens is 1. The van der Waals surface area contributed by atoms with Crippen molar-refractivity contribution in [2.45, 2.75) is 4.34 Å². The molecule has 1 aromatic rings. The smallest absolute Gasteiger partial charge is 0.151 e. The van der Waals surface area contributed by atoms with Crippen molar-refractivity contribution >= 4 is 34.7 Å². The first kappa shape index (κ1) is 8.33. The third-order valence-corrected chi connectivity index (χ3v) is 3.03. The molecule has 1 heterocycles. The minimum atomic E-state index is 0.182. The van der Waals surface area contributed by atoms with E-state index < -0.39 is 0 Å². The quantitative estimate of drug-likeness (QED) is 0.748. The van der Waals surface area contributed by atoms with Crippen molar-refractivity contribution in [2.75, 3.05) is 12.4 Å². The standard InChI is InChI=1S/C5H6ClNOS2/c6-4-3-7-5(10-4)9-2-1-8/h3,8H,1-2H2. The summed E-state index contributed by atoms with van der Waals surface area (Å²) < 4.78 is 1.61. The summed E-state index contributed by atoms with van der Waals surface area (Å²) in [4.78, 5) is 3.99. The molecule has 0 saturated heterocycles. The molecule has 10 heavy (non-hydrogen) atoms. The molecule has 0 saturated carbocycles. The van der Waals surface area contributed by atoms with Crippen LogP contribution in [0.4, 0.5) is 0 Å². The molecule has 0 aromatic carbocycles. The van der Waals surface area contributed by atoms with Crippen LogP contribution in [-0.2, 0) is 0 Å². The highest BCUT2D eigenvalue weighted by atomic mass is 35.5. The van der Waals surface area contributed by atoms with Gasteiger partial charge in [0.25, 0.3) is 0 Å². The summed E-state index contributed by atoms with van der Waals surface area (Å²) >= 11 is 8.57. The molecule has 0 spiro atoms. The molecule has 56 valence electrons. The summed E-state index contributed by atoms with van der Waals surface area (Å²) in [7, 11) is 0. The van der Waals surface area contributed by atoms with E-state index in [4.69, 9.17) is 16.7 Å². The van der Waals surface area contributed by atoms with Crippen LogP contribution in [0.3, 0.4) is 0 Å². The number of nitrogens with zero attached hydrogens (tertiary/aromatic N) is 1. The molecule has 0 unspecified atom stereocenters. The number of thioether (sulfide) groups is 1. The van der Waals surface area contributed by atoms with Gasteiger partial charge in [-0.25, -0.2) is 4.98 Å². The molecule has 0 amide bonds. The molecule has 0 aliphatic heterocycles. The van der Waals surface area contributed by atoms with E-state index >= 15 is 0 Å². The van der Waals surface area contributed by atoms with E-state index in [0.717, 1.165) is 4.34 Å². The SMILES string of the molecule is OCCSc1ncc(Cl)s1. The van der Waals surface area contributed by atoms with Gasteiger partial charge >= 0.3 is 0 Å². The summed E-state index contributed by atoms with van der Waals surface area (Å²) in [5, 5.41) is 8.46. The minimum Gasteiger partial charge on any atom is -0.396 e. The van der Waals surface area contributed by atoms with E-state index in [9.17, 15) is 0 Å². The van der Waals surface area contributed by atoms with Gasteiger partial charge in [0.2, 0.25) is 0 Å². The maximum absolute atomic E-state index is 8.46. The lowest BCUT2D eigenvalue weighted by atomic mass is 10.9. The molecule has 0 aliphatic carbocycles. The third-order valence-electron chi connectivity index (χ3n) is 0.773. The molecular formula is C5H6ClNOS2. The zero-order valence-corrected chi connectivity index (χ0v) is 7.47. The van der Waals surface area contributed by atoms with Crippen LogP contribution in [0.25, 0.3) is 0 Å². The zero-order valence-electron chi connectivity index (χ0n) is 5.08. The average molecular weight is 196 g/mol. The van der Waals surface area contributed by atoms with Gasteiger partial charge in [-0.1, -0.05) is 34.7 Å². The number of rotatable bonds is 3. The maximum atomic E-state index is 8.46. The van der Waals surface area contributed by atoms with Crippen molar-refractivity contribution in [1.82, 2.24) is 4.98 Å². The van der Waals surface area contributed by atoms with E-state index in [0.29, 0.717) is 10.1 Å². The van der Waals surface area contributed by atoms with E-state index in [1.54, 1.807) is 6.20 Å². The largest absolute Gasteiger partial charge is 0.396 e. The molecule has 0 aliphatic rings. The van der Waals surface area contributed by atoms with Gasteiger partial charge in [0.15, 0.2) is 4.34 Å². The Bertz CT molecular complexity index is 203. The van der Waals surface area contributed by atoms with Crippen molar-refractivity contribution in [3.8, 4) is 0 Å². The van der Waals surface area contributed by atoms with E-state index in [2.05, 4.69) is 4.98 Å². The number of thiazole rings is 1. The predicted octanol–water partition coefficient (Wildman–Crippen LogP) is 1.88.